The van der Waals surface area contributed by atoms with E-state index in [-0.39, 0.29) is 24.4 Å². The number of benzene rings is 1. The monoisotopic (exact) mass is 377 g/mol. The lowest BCUT2D eigenvalue weighted by molar-refractivity contribution is -0.117. The number of nitrogens with one attached hydrogen (secondary N) is 1. The minimum atomic E-state index is -0.334. The van der Waals surface area contributed by atoms with Gasteiger partial charge in [0, 0.05) is 17.1 Å². The van der Waals surface area contributed by atoms with E-state index < -0.39 is 0 Å². The molecular weight excluding hydrogens is 354 g/mol. The third kappa shape index (κ3) is 4.51. The zero-order valence-electron chi connectivity index (χ0n) is 15.5. The topological polar surface area (TPSA) is 80.8 Å². The summed E-state index contributed by atoms with van der Waals surface area (Å²) in [6.45, 7) is 5.50. The normalized spacial score (nSPS) is 10.5. The van der Waals surface area contributed by atoms with E-state index in [1.54, 1.807) is 24.4 Å². The van der Waals surface area contributed by atoms with Gasteiger partial charge in [0.25, 0.3) is 5.91 Å². The van der Waals surface area contributed by atoms with Crippen molar-refractivity contribution in [1.82, 2.24) is 9.88 Å². The predicted molar refractivity (Wildman–Crippen MR) is 101 cm³/mol. The molecule has 0 radical (unpaired) electrons. The molecule has 8 heteroatoms. The second-order valence-corrected chi connectivity index (χ2v) is 7.12. The molecule has 26 heavy (non-hydrogen) atoms. The summed E-state index contributed by atoms with van der Waals surface area (Å²) in [5.41, 5.74) is 0.295. The van der Waals surface area contributed by atoms with Gasteiger partial charge in [-0.1, -0.05) is 6.07 Å². The van der Waals surface area contributed by atoms with Gasteiger partial charge >= 0.3 is 0 Å². The quantitative estimate of drug-likeness (QED) is 0.802. The Labute approximate surface area is 156 Å². The molecule has 0 saturated carbocycles. The van der Waals surface area contributed by atoms with Crippen molar-refractivity contribution in [3.05, 3.63) is 34.8 Å². The number of aryl methyl sites for hydroxylation is 1. The Kier molecular flexibility index (Phi) is 6.57. The van der Waals surface area contributed by atoms with E-state index in [4.69, 9.17) is 9.47 Å². The van der Waals surface area contributed by atoms with Crippen LogP contribution in [0.25, 0.3) is 0 Å². The highest BCUT2D eigenvalue weighted by atomic mass is 32.1. The Bertz CT molecular complexity index is 766. The standard InChI is InChI=1S/C18H23N3O4S/c1-11(2)21(10-15(22)20-18-19-9-12(3)26-18)17(23)16-13(24-4)7-6-8-14(16)25-5/h6-9,11H,10H2,1-5H3,(H,19,20,22). The van der Waals surface area contributed by atoms with Crippen molar-refractivity contribution in [2.45, 2.75) is 26.8 Å². The third-order valence-corrected chi connectivity index (χ3v) is 4.54. The number of amides is 2. The number of aromatic nitrogens is 1. The second kappa shape index (κ2) is 8.66. The van der Waals surface area contributed by atoms with Gasteiger partial charge in [0.1, 0.15) is 23.6 Å². The van der Waals surface area contributed by atoms with E-state index in [0.717, 1.165) is 4.88 Å². The van der Waals surface area contributed by atoms with Gasteiger partial charge in [0.2, 0.25) is 5.91 Å². The number of methoxy groups -OCH3 is 2. The second-order valence-electron chi connectivity index (χ2n) is 5.89. The van der Waals surface area contributed by atoms with E-state index in [1.165, 1.54) is 30.5 Å². The fourth-order valence-electron chi connectivity index (χ4n) is 2.42. The molecule has 0 aliphatic rings. The summed E-state index contributed by atoms with van der Waals surface area (Å²) in [5.74, 6) is 0.155. The van der Waals surface area contributed by atoms with Crippen molar-refractivity contribution in [2.75, 3.05) is 26.1 Å². The van der Waals surface area contributed by atoms with Crippen molar-refractivity contribution >= 4 is 28.3 Å². The van der Waals surface area contributed by atoms with Crippen LogP contribution < -0.4 is 14.8 Å². The average molecular weight is 377 g/mol. The van der Waals surface area contributed by atoms with Crippen LogP contribution in [0.3, 0.4) is 0 Å². The maximum Gasteiger partial charge on any atom is 0.262 e. The number of hydrogen-bond acceptors (Lipinski definition) is 6. The van der Waals surface area contributed by atoms with Crippen LogP contribution in [0.1, 0.15) is 29.1 Å². The first-order valence-corrected chi connectivity index (χ1v) is 8.93. The molecule has 0 aliphatic carbocycles. The molecule has 0 unspecified atom stereocenters. The summed E-state index contributed by atoms with van der Waals surface area (Å²) < 4.78 is 10.6. The molecule has 0 aliphatic heterocycles. The van der Waals surface area contributed by atoms with Crippen molar-refractivity contribution in [3.63, 3.8) is 0 Å². The van der Waals surface area contributed by atoms with Gasteiger partial charge in [-0.25, -0.2) is 4.98 Å². The van der Waals surface area contributed by atoms with Crippen molar-refractivity contribution < 1.29 is 19.1 Å². The smallest absolute Gasteiger partial charge is 0.262 e. The zero-order chi connectivity index (χ0) is 19.3. The summed E-state index contributed by atoms with van der Waals surface area (Å²) in [7, 11) is 2.98. The van der Waals surface area contributed by atoms with Crippen LogP contribution >= 0.6 is 11.3 Å². The van der Waals surface area contributed by atoms with Gasteiger partial charge in [-0.15, -0.1) is 11.3 Å². The van der Waals surface area contributed by atoms with E-state index in [9.17, 15) is 9.59 Å². The number of nitrogens with zero attached hydrogens (tertiary/aromatic N) is 2. The fraction of sp³-hybridized carbons (Fsp3) is 0.389. The van der Waals surface area contributed by atoms with Gasteiger partial charge < -0.3 is 19.7 Å². The van der Waals surface area contributed by atoms with Crippen LogP contribution in [0.4, 0.5) is 5.13 Å². The maximum absolute atomic E-state index is 13.1. The molecule has 1 aromatic carbocycles. The number of hydrogen-bond donors (Lipinski definition) is 1. The number of anilines is 1. The summed E-state index contributed by atoms with van der Waals surface area (Å²) >= 11 is 1.38. The van der Waals surface area contributed by atoms with Crippen LogP contribution in [-0.2, 0) is 4.79 Å². The van der Waals surface area contributed by atoms with Crippen LogP contribution in [0.5, 0.6) is 11.5 Å². The molecule has 0 fully saturated rings. The number of carbonyl (C=O) groups excluding carboxylic acids is 2. The molecule has 0 saturated heterocycles. The van der Waals surface area contributed by atoms with Crippen LogP contribution in [0, 0.1) is 6.92 Å². The predicted octanol–water partition coefficient (Wildman–Crippen LogP) is 2.96. The lowest BCUT2D eigenvalue weighted by Gasteiger charge is -2.27. The Morgan fingerprint density at radius 1 is 1.23 bits per heavy atom. The molecular formula is C18H23N3O4S. The molecule has 2 rings (SSSR count). The van der Waals surface area contributed by atoms with Gasteiger partial charge in [-0.3, -0.25) is 9.59 Å². The van der Waals surface area contributed by atoms with Gasteiger partial charge in [0.15, 0.2) is 5.13 Å². The fourth-order valence-corrected chi connectivity index (χ4v) is 3.10. The van der Waals surface area contributed by atoms with Gasteiger partial charge in [0.05, 0.1) is 14.2 Å². The summed E-state index contributed by atoms with van der Waals surface area (Å²) in [6, 6.07) is 4.92. The Hall–Kier alpha value is -2.61. The van der Waals surface area contributed by atoms with E-state index in [1.807, 2.05) is 20.8 Å². The minimum Gasteiger partial charge on any atom is -0.496 e. The van der Waals surface area contributed by atoms with Crippen LogP contribution in [0.2, 0.25) is 0 Å². The Morgan fingerprint density at radius 3 is 2.31 bits per heavy atom. The van der Waals surface area contributed by atoms with Crippen LogP contribution in [-0.4, -0.2) is 48.5 Å². The number of ether oxygens (including phenoxy) is 2. The molecule has 1 N–H and O–H groups in total. The zero-order valence-corrected chi connectivity index (χ0v) is 16.3. The molecule has 0 spiro atoms. The average Bonchev–Trinajstić information content (AvgIpc) is 3.02. The molecule has 7 nitrogen and oxygen atoms in total. The molecule has 1 heterocycles. The first-order chi connectivity index (χ1) is 12.4. The number of rotatable bonds is 7. The lowest BCUT2D eigenvalue weighted by Crippen LogP contribution is -2.42. The summed E-state index contributed by atoms with van der Waals surface area (Å²) in [4.78, 5) is 32.1. The molecule has 1 aromatic heterocycles. The third-order valence-electron chi connectivity index (χ3n) is 3.71. The van der Waals surface area contributed by atoms with E-state index in [0.29, 0.717) is 22.2 Å². The maximum atomic E-state index is 13.1. The number of carbonyl (C=O) groups is 2. The molecule has 2 amide bonds. The highest BCUT2D eigenvalue weighted by Gasteiger charge is 2.27. The molecule has 0 bridgehead atoms. The first-order valence-electron chi connectivity index (χ1n) is 8.11. The highest BCUT2D eigenvalue weighted by Crippen LogP contribution is 2.30. The first kappa shape index (κ1) is 19.7. The largest absolute Gasteiger partial charge is 0.496 e. The Balaban J connectivity index is 2.24. The van der Waals surface area contributed by atoms with Crippen molar-refractivity contribution in [3.8, 4) is 11.5 Å². The van der Waals surface area contributed by atoms with E-state index in [2.05, 4.69) is 10.3 Å². The lowest BCUT2D eigenvalue weighted by atomic mass is 10.1. The highest BCUT2D eigenvalue weighted by molar-refractivity contribution is 7.15. The summed E-state index contributed by atoms with van der Waals surface area (Å²) in [6.07, 6.45) is 1.69. The Morgan fingerprint density at radius 2 is 1.85 bits per heavy atom. The molecule has 140 valence electrons. The molecule has 0 atom stereocenters. The van der Waals surface area contributed by atoms with Crippen molar-refractivity contribution in [1.29, 1.82) is 0 Å². The molecule has 2 aromatic rings. The summed E-state index contributed by atoms with van der Waals surface area (Å²) in [5, 5.41) is 3.24. The SMILES string of the molecule is COc1cccc(OC)c1C(=O)N(CC(=O)Nc1ncc(C)s1)C(C)C. The minimum absolute atomic E-state index is 0.101. The van der Waals surface area contributed by atoms with Gasteiger partial charge in [-0.05, 0) is 32.9 Å². The number of thiazole rings is 1. The van der Waals surface area contributed by atoms with Crippen LogP contribution in [0.15, 0.2) is 24.4 Å². The van der Waals surface area contributed by atoms with E-state index >= 15 is 0 Å². The van der Waals surface area contributed by atoms with Gasteiger partial charge in [-0.2, -0.15) is 0 Å². The van der Waals surface area contributed by atoms with Crippen molar-refractivity contribution in [2.24, 2.45) is 0 Å².